The number of rotatable bonds is 20. The lowest BCUT2D eigenvalue weighted by atomic mass is 10.0. The first kappa shape index (κ1) is 45.5. The van der Waals surface area contributed by atoms with Crippen molar-refractivity contribution in [2.24, 2.45) is 0 Å². The molecule has 0 atom stereocenters. The largest absolute Gasteiger partial charge is 0.495 e. The summed E-state index contributed by atoms with van der Waals surface area (Å²) < 4.78 is 33.2. The molecule has 0 amide bonds. The maximum atomic E-state index is 13.0. The molecule has 6 rings (SSSR count). The molecular weight excluding hydrogens is 809 g/mol. The van der Waals surface area contributed by atoms with E-state index >= 15 is 0 Å². The van der Waals surface area contributed by atoms with Gasteiger partial charge in [0.15, 0.2) is 0 Å². The van der Waals surface area contributed by atoms with Crippen LogP contribution in [0, 0.1) is 0 Å². The summed E-state index contributed by atoms with van der Waals surface area (Å²) in [4.78, 5) is 41.9. The van der Waals surface area contributed by atoms with Crippen molar-refractivity contribution in [2.75, 3.05) is 50.4 Å². The third-order valence-electron chi connectivity index (χ3n) is 9.96. The summed E-state index contributed by atoms with van der Waals surface area (Å²) in [6.07, 6.45) is 0. The van der Waals surface area contributed by atoms with Gasteiger partial charge in [-0.2, -0.15) is 0 Å². The predicted octanol–water partition coefficient (Wildman–Crippen LogP) is 11.8. The standard InChI is InChI=1S/C53H50N2O9/c1-8-61-38(5)36(3)34-63-52(57)39-20-26-45(27-21-39)54(43-16-12-10-13-17-43)47-30-24-41(32-49(47)59-6)42-25-31-48(50(33-42)60-7)55(44-18-14-11-15-19-44)46-28-22-40(23-29-46)53(58)64-35-37(4)51(56)62-9-2/h10-33H,3-5,8-9,34-35H2,1-2,6-7H3. The summed E-state index contributed by atoms with van der Waals surface area (Å²) >= 11 is 0. The number of methoxy groups -OCH3 is 2. The van der Waals surface area contributed by atoms with Crippen LogP contribution in [-0.4, -0.2) is 58.6 Å². The van der Waals surface area contributed by atoms with E-state index < -0.39 is 17.9 Å². The van der Waals surface area contributed by atoms with Crippen molar-refractivity contribution in [2.45, 2.75) is 13.8 Å². The minimum Gasteiger partial charge on any atom is -0.495 e. The molecule has 6 aromatic rings. The lowest BCUT2D eigenvalue weighted by molar-refractivity contribution is -0.138. The number of anilines is 6. The van der Waals surface area contributed by atoms with Crippen LogP contribution in [0.5, 0.6) is 11.5 Å². The number of carbonyl (C=O) groups excluding carboxylic acids is 3. The molecule has 11 nitrogen and oxygen atoms in total. The van der Waals surface area contributed by atoms with E-state index in [9.17, 15) is 14.4 Å². The molecule has 6 aromatic carbocycles. The minimum atomic E-state index is -0.611. The fraction of sp³-hybridized carbons (Fsp3) is 0.151. The van der Waals surface area contributed by atoms with Gasteiger partial charge >= 0.3 is 17.9 Å². The highest BCUT2D eigenvalue weighted by atomic mass is 16.6. The van der Waals surface area contributed by atoms with Crippen molar-refractivity contribution in [1.29, 1.82) is 0 Å². The average Bonchev–Trinajstić information content (AvgIpc) is 3.33. The Morgan fingerprint density at radius 3 is 1.25 bits per heavy atom. The summed E-state index contributed by atoms with van der Waals surface area (Å²) in [5.74, 6) is -0.117. The summed E-state index contributed by atoms with van der Waals surface area (Å²) in [5, 5.41) is 0. The summed E-state index contributed by atoms with van der Waals surface area (Å²) in [6.45, 7) is 15.2. The van der Waals surface area contributed by atoms with Crippen LogP contribution in [-0.2, 0) is 23.7 Å². The minimum absolute atomic E-state index is 0.0353. The van der Waals surface area contributed by atoms with Gasteiger partial charge in [0, 0.05) is 28.3 Å². The molecule has 0 bridgehead atoms. The van der Waals surface area contributed by atoms with E-state index in [4.69, 9.17) is 28.4 Å². The van der Waals surface area contributed by atoms with Crippen molar-refractivity contribution >= 4 is 52.0 Å². The molecule has 0 aromatic heterocycles. The normalized spacial score (nSPS) is 10.5. The van der Waals surface area contributed by atoms with Gasteiger partial charge < -0.3 is 38.2 Å². The Morgan fingerprint density at radius 2 is 0.859 bits per heavy atom. The molecule has 0 fully saturated rings. The van der Waals surface area contributed by atoms with Crippen LogP contribution < -0.4 is 19.3 Å². The van der Waals surface area contributed by atoms with Gasteiger partial charge in [-0.05, 0) is 122 Å². The molecule has 0 spiro atoms. The van der Waals surface area contributed by atoms with E-state index in [0.717, 1.165) is 45.3 Å². The molecule has 0 unspecified atom stereocenters. The number of para-hydroxylation sites is 2. The highest BCUT2D eigenvalue weighted by Crippen LogP contribution is 2.45. The molecule has 0 heterocycles. The van der Waals surface area contributed by atoms with Crippen LogP contribution in [0.1, 0.15) is 34.6 Å². The third kappa shape index (κ3) is 10.9. The first-order valence-electron chi connectivity index (χ1n) is 20.5. The zero-order valence-corrected chi connectivity index (χ0v) is 36.4. The van der Waals surface area contributed by atoms with Gasteiger partial charge in [-0.1, -0.05) is 68.3 Å². The molecule has 326 valence electrons. The fourth-order valence-corrected chi connectivity index (χ4v) is 6.71. The van der Waals surface area contributed by atoms with Crippen molar-refractivity contribution in [3.8, 4) is 22.6 Å². The van der Waals surface area contributed by atoms with Crippen molar-refractivity contribution in [3.05, 3.63) is 193 Å². The van der Waals surface area contributed by atoms with Gasteiger partial charge in [0.1, 0.15) is 30.5 Å². The Morgan fingerprint density at radius 1 is 0.469 bits per heavy atom. The van der Waals surface area contributed by atoms with Gasteiger partial charge in [-0.25, -0.2) is 14.4 Å². The molecule has 64 heavy (non-hydrogen) atoms. The van der Waals surface area contributed by atoms with Crippen LogP contribution in [0.15, 0.2) is 182 Å². The SMILES string of the molecule is C=C(COC(=O)c1ccc(N(c2ccccc2)c2ccc(-c3ccc(N(c4ccccc4)c4ccc(C(=O)OCC(=C)C(=O)OCC)cc4)c(OC)c3)cc2OC)cc1)C(=C)OCC. The van der Waals surface area contributed by atoms with E-state index in [1.165, 1.54) is 0 Å². The zero-order valence-electron chi connectivity index (χ0n) is 36.4. The monoisotopic (exact) mass is 858 g/mol. The highest BCUT2D eigenvalue weighted by molar-refractivity contribution is 5.93. The second-order valence-electron chi connectivity index (χ2n) is 14.1. The van der Waals surface area contributed by atoms with Gasteiger partial charge in [0.25, 0.3) is 0 Å². The Labute approximate surface area is 374 Å². The Hall–Kier alpha value is -8.05. The van der Waals surface area contributed by atoms with Gasteiger partial charge in [0.05, 0.1) is 55.5 Å². The first-order chi connectivity index (χ1) is 31.1. The molecule has 0 aliphatic rings. The van der Waals surface area contributed by atoms with Crippen molar-refractivity contribution in [1.82, 2.24) is 0 Å². The molecule has 0 N–H and O–H groups in total. The Balaban J connectivity index is 1.28. The predicted molar refractivity (Wildman–Crippen MR) is 251 cm³/mol. The average molecular weight is 859 g/mol. The van der Waals surface area contributed by atoms with E-state index in [0.29, 0.717) is 40.6 Å². The number of nitrogens with zero attached hydrogens (tertiary/aromatic N) is 2. The Bertz CT molecular complexity index is 2430. The van der Waals surface area contributed by atoms with Gasteiger partial charge in [-0.15, -0.1) is 0 Å². The lowest BCUT2D eigenvalue weighted by Gasteiger charge is -2.28. The molecule has 0 saturated heterocycles. The number of esters is 3. The second-order valence-corrected chi connectivity index (χ2v) is 14.1. The number of hydrogen-bond donors (Lipinski definition) is 0. The van der Waals surface area contributed by atoms with Crippen LogP contribution in [0.2, 0.25) is 0 Å². The number of benzene rings is 6. The molecule has 0 saturated carbocycles. The van der Waals surface area contributed by atoms with E-state index in [-0.39, 0.29) is 25.4 Å². The lowest BCUT2D eigenvalue weighted by Crippen LogP contribution is -2.15. The Kier molecular flexibility index (Phi) is 15.4. The number of hydrogen-bond acceptors (Lipinski definition) is 11. The third-order valence-corrected chi connectivity index (χ3v) is 9.96. The van der Waals surface area contributed by atoms with Crippen LogP contribution in [0.25, 0.3) is 11.1 Å². The summed E-state index contributed by atoms with van der Waals surface area (Å²) in [7, 11) is 3.25. The van der Waals surface area contributed by atoms with Crippen molar-refractivity contribution in [3.63, 3.8) is 0 Å². The summed E-state index contributed by atoms with van der Waals surface area (Å²) in [6, 6.07) is 45.8. The topological polar surface area (TPSA) is 113 Å². The van der Waals surface area contributed by atoms with Crippen LogP contribution >= 0.6 is 0 Å². The van der Waals surface area contributed by atoms with E-state index in [1.807, 2.05) is 133 Å². The van der Waals surface area contributed by atoms with Gasteiger partial charge in [0.2, 0.25) is 0 Å². The van der Waals surface area contributed by atoms with Crippen molar-refractivity contribution < 1.29 is 42.8 Å². The summed E-state index contributed by atoms with van der Waals surface area (Å²) in [5.41, 5.74) is 7.80. The molecule has 0 radical (unpaired) electrons. The van der Waals surface area contributed by atoms with E-state index in [2.05, 4.69) is 24.6 Å². The number of carbonyl (C=O) groups is 3. The smallest absolute Gasteiger partial charge is 0.338 e. The molecule has 11 heteroatoms. The van der Waals surface area contributed by atoms with E-state index in [1.54, 1.807) is 45.4 Å². The maximum Gasteiger partial charge on any atom is 0.338 e. The molecule has 0 aliphatic carbocycles. The zero-order chi connectivity index (χ0) is 45.6. The quantitative estimate of drug-likeness (QED) is 0.0240. The number of ether oxygens (including phenoxy) is 6. The van der Waals surface area contributed by atoms with Gasteiger partial charge in [-0.3, -0.25) is 0 Å². The molecular formula is C53H50N2O9. The fourth-order valence-electron chi connectivity index (χ4n) is 6.71. The second kappa shape index (κ2) is 21.7. The molecule has 0 aliphatic heterocycles. The first-order valence-corrected chi connectivity index (χ1v) is 20.5. The van der Waals surface area contributed by atoms with Crippen LogP contribution in [0.3, 0.4) is 0 Å². The maximum absolute atomic E-state index is 13.0. The van der Waals surface area contributed by atoms with Crippen LogP contribution in [0.4, 0.5) is 34.1 Å². The highest BCUT2D eigenvalue weighted by Gasteiger charge is 2.22.